The molecule has 25 heavy (non-hydrogen) atoms. The van der Waals surface area contributed by atoms with Gasteiger partial charge in [0, 0.05) is 13.0 Å². The number of carbonyl (C=O) groups is 2. The van der Waals surface area contributed by atoms with Gasteiger partial charge in [-0.3, -0.25) is 4.79 Å². The lowest BCUT2D eigenvalue weighted by molar-refractivity contribution is -0.142. The van der Waals surface area contributed by atoms with E-state index in [1.807, 2.05) is 6.92 Å². The van der Waals surface area contributed by atoms with Gasteiger partial charge in [0.25, 0.3) is 0 Å². The van der Waals surface area contributed by atoms with Gasteiger partial charge in [-0.15, -0.1) is 0 Å². The van der Waals surface area contributed by atoms with Crippen LogP contribution in [-0.2, 0) is 19.6 Å². The molecule has 1 aromatic rings. The van der Waals surface area contributed by atoms with E-state index in [4.69, 9.17) is 5.11 Å². The van der Waals surface area contributed by atoms with E-state index in [2.05, 4.69) is 10.0 Å². The number of nitrogens with one attached hydrogen (secondary N) is 2. The van der Waals surface area contributed by atoms with Crippen molar-refractivity contribution in [2.75, 3.05) is 6.54 Å². The summed E-state index contributed by atoms with van der Waals surface area (Å²) in [5, 5.41) is 11.6. The average Bonchev–Trinajstić information content (AvgIpc) is 3.27. The quantitative estimate of drug-likeness (QED) is 0.639. The second-order valence-corrected chi connectivity index (χ2v) is 8.30. The molecule has 0 aliphatic heterocycles. The zero-order chi connectivity index (χ0) is 18.8. The highest BCUT2D eigenvalue weighted by Gasteiger charge is 2.37. The minimum atomic E-state index is -3.73. The number of benzene rings is 1. The molecule has 1 aromatic carbocycles. The van der Waals surface area contributed by atoms with Gasteiger partial charge in [-0.25, -0.2) is 17.9 Å². The van der Waals surface area contributed by atoms with E-state index in [1.54, 1.807) is 26.0 Å². The van der Waals surface area contributed by atoms with Crippen LogP contribution >= 0.6 is 0 Å². The molecule has 3 N–H and O–H groups in total. The van der Waals surface area contributed by atoms with Crippen molar-refractivity contribution in [3.05, 3.63) is 28.8 Å². The van der Waals surface area contributed by atoms with Gasteiger partial charge in [-0.05, 0) is 50.7 Å². The molecule has 1 saturated carbocycles. The van der Waals surface area contributed by atoms with Gasteiger partial charge in [-0.1, -0.05) is 17.7 Å². The fourth-order valence-electron chi connectivity index (χ4n) is 3.02. The Kier molecular flexibility index (Phi) is 5.84. The number of hydrogen-bond acceptors (Lipinski definition) is 4. The van der Waals surface area contributed by atoms with E-state index < -0.39 is 27.9 Å². The van der Waals surface area contributed by atoms with Crippen LogP contribution in [0.25, 0.3) is 0 Å². The number of amides is 1. The zero-order valence-corrected chi connectivity index (χ0v) is 15.4. The number of aliphatic carboxylic acids is 1. The van der Waals surface area contributed by atoms with Crippen molar-refractivity contribution in [3.8, 4) is 0 Å². The van der Waals surface area contributed by atoms with Crippen molar-refractivity contribution in [2.24, 2.45) is 5.92 Å². The van der Waals surface area contributed by atoms with Gasteiger partial charge in [0.2, 0.25) is 15.9 Å². The molecular formula is C17H24N2O5S. The molecule has 1 unspecified atom stereocenters. The SMILES string of the molecule is Cc1cc(C)c(S(=O)(=O)NCCC(=O)NC(C(=O)O)C2CC2)c(C)c1. The molecule has 1 aliphatic rings. The van der Waals surface area contributed by atoms with E-state index in [9.17, 15) is 18.0 Å². The molecule has 138 valence electrons. The van der Waals surface area contributed by atoms with Crippen molar-refractivity contribution < 1.29 is 23.1 Å². The predicted molar refractivity (Wildman–Crippen MR) is 92.7 cm³/mol. The number of sulfonamides is 1. The van der Waals surface area contributed by atoms with Gasteiger partial charge in [0.1, 0.15) is 6.04 Å². The Bertz CT molecular complexity index is 761. The third-order valence-corrected chi connectivity index (χ3v) is 5.96. The van der Waals surface area contributed by atoms with E-state index in [0.29, 0.717) is 11.1 Å². The third-order valence-electron chi connectivity index (χ3n) is 4.19. The lowest BCUT2D eigenvalue weighted by atomic mass is 10.1. The normalized spacial score (nSPS) is 15.6. The summed E-state index contributed by atoms with van der Waals surface area (Å²) in [7, 11) is -3.73. The van der Waals surface area contributed by atoms with Crippen LogP contribution in [0.3, 0.4) is 0 Å². The highest BCUT2D eigenvalue weighted by Crippen LogP contribution is 2.32. The van der Waals surface area contributed by atoms with Gasteiger partial charge in [0.15, 0.2) is 0 Å². The second-order valence-electron chi connectivity index (χ2n) is 6.60. The first-order valence-electron chi connectivity index (χ1n) is 8.21. The first kappa shape index (κ1) is 19.4. The second kappa shape index (κ2) is 7.53. The predicted octanol–water partition coefficient (Wildman–Crippen LogP) is 1.26. The van der Waals surface area contributed by atoms with E-state index in [-0.39, 0.29) is 23.8 Å². The summed E-state index contributed by atoms with van der Waals surface area (Å²) in [6.07, 6.45) is 1.46. The Balaban J connectivity index is 1.94. The Labute approximate surface area is 147 Å². The minimum Gasteiger partial charge on any atom is -0.480 e. The maximum Gasteiger partial charge on any atom is 0.326 e. The number of rotatable bonds is 8. The van der Waals surface area contributed by atoms with Crippen molar-refractivity contribution in [1.29, 1.82) is 0 Å². The Hall–Kier alpha value is -1.93. The van der Waals surface area contributed by atoms with Crippen LogP contribution in [0.1, 0.15) is 36.0 Å². The van der Waals surface area contributed by atoms with Gasteiger partial charge < -0.3 is 10.4 Å². The first-order valence-corrected chi connectivity index (χ1v) is 9.70. The topological polar surface area (TPSA) is 113 Å². The van der Waals surface area contributed by atoms with Crippen LogP contribution in [0.4, 0.5) is 0 Å². The maximum absolute atomic E-state index is 12.5. The molecule has 1 aliphatic carbocycles. The molecule has 0 heterocycles. The van der Waals surface area contributed by atoms with Crippen molar-refractivity contribution >= 4 is 21.9 Å². The summed E-state index contributed by atoms with van der Waals surface area (Å²) in [5.74, 6) is -1.54. The van der Waals surface area contributed by atoms with Gasteiger partial charge in [-0.2, -0.15) is 0 Å². The molecule has 0 radical (unpaired) electrons. The highest BCUT2D eigenvalue weighted by molar-refractivity contribution is 7.89. The summed E-state index contributed by atoms with van der Waals surface area (Å²) >= 11 is 0. The number of carboxylic acids is 1. The van der Waals surface area contributed by atoms with Crippen LogP contribution < -0.4 is 10.0 Å². The summed E-state index contributed by atoms with van der Waals surface area (Å²) in [5.41, 5.74) is 2.27. The summed E-state index contributed by atoms with van der Waals surface area (Å²) in [6.45, 7) is 5.27. The van der Waals surface area contributed by atoms with E-state index >= 15 is 0 Å². The molecule has 1 atom stereocenters. The third kappa shape index (κ3) is 5.02. The first-order chi connectivity index (χ1) is 11.6. The minimum absolute atomic E-state index is 0.0176. The van der Waals surface area contributed by atoms with Crippen LogP contribution in [0.5, 0.6) is 0 Å². The Morgan fingerprint density at radius 2 is 1.76 bits per heavy atom. The van der Waals surface area contributed by atoms with Crippen molar-refractivity contribution in [1.82, 2.24) is 10.0 Å². The number of aryl methyl sites for hydroxylation is 3. The fourth-order valence-corrected chi connectivity index (χ4v) is 4.50. The number of carbonyl (C=O) groups excluding carboxylic acids is 1. The standard InChI is InChI=1S/C17H24N2O5S/c1-10-8-11(2)16(12(3)9-10)25(23,24)18-7-6-14(20)19-15(17(21)22)13-4-5-13/h8-9,13,15,18H,4-7H2,1-3H3,(H,19,20)(H,21,22). The summed E-state index contributed by atoms with van der Waals surface area (Å²) in [4.78, 5) is 23.2. The number of hydrogen-bond donors (Lipinski definition) is 3. The van der Waals surface area contributed by atoms with E-state index in [1.165, 1.54) is 0 Å². The lowest BCUT2D eigenvalue weighted by Gasteiger charge is -2.15. The molecule has 2 rings (SSSR count). The smallest absolute Gasteiger partial charge is 0.326 e. The van der Waals surface area contributed by atoms with Crippen LogP contribution in [0.2, 0.25) is 0 Å². The lowest BCUT2D eigenvalue weighted by Crippen LogP contribution is -2.43. The van der Waals surface area contributed by atoms with Crippen LogP contribution in [0, 0.1) is 26.7 Å². The summed E-state index contributed by atoms with van der Waals surface area (Å²) < 4.78 is 27.4. The highest BCUT2D eigenvalue weighted by atomic mass is 32.2. The molecule has 0 aromatic heterocycles. The number of carboxylic acid groups (broad SMARTS) is 1. The van der Waals surface area contributed by atoms with E-state index in [0.717, 1.165) is 18.4 Å². The largest absolute Gasteiger partial charge is 0.480 e. The maximum atomic E-state index is 12.5. The van der Waals surface area contributed by atoms with Crippen molar-refractivity contribution in [2.45, 2.75) is 51.0 Å². The molecule has 1 amide bonds. The Morgan fingerprint density at radius 3 is 2.24 bits per heavy atom. The van der Waals surface area contributed by atoms with Gasteiger partial charge >= 0.3 is 5.97 Å². The molecule has 7 nitrogen and oxygen atoms in total. The monoisotopic (exact) mass is 368 g/mol. The molecule has 0 saturated heterocycles. The van der Waals surface area contributed by atoms with Crippen molar-refractivity contribution in [3.63, 3.8) is 0 Å². The molecule has 1 fully saturated rings. The summed E-state index contributed by atoms with van der Waals surface area (Å²) in [6, 6.07) is 2.70. The molecule has 8 heteroatoms. The average molecular weight is 368 g/mol. The Morgan fingerprint density at radius 1 is 1.20 bits per heavy atom. The van der Waals surface area contributed by atoms with Crippen LogP contribution in [-0.4, -0.2) is 38.0 Å². The van der Waals surface area contributed by atoms with Crippen LogP contribution in [0.15, 0.2) is 17.0 Å². The fraction of sp³-hybridized carbons (Fsp3) is 0.529. The molecular weight excluding hydrogens is 344 g/mol. The molecule has 0 bridgehead atoms. The van der Waals surface area contributed by atoms with Gasteiger partial charge in [0.05, 0.1) is 4.90 Å². The zero-order valence-electron chi connectivity index (χ0n) is 14.6. The molecule has 0 spiro atoms.